The van der Waals surface area contributed by atoms with Crippen molar-refractivity contribution in [2.45, 2.75) is 32.2 Å². The van der Waals surface area contributed by atoms with Gasteiger partial charge in [0.15, 0.2) is 0 Å². The van der Waals surface area contributed by atoms with Gasteiger partial charge >= 0.3 is 5.97 Å². The first kappa shape index (κ1) is 10.0. The number of hydrogen-bond donors (Lipinski definition) is 1. The summed E-state index contributed by atoms with van der Waals surface area (Å²) in [6.07, 6.45) is 2.90. The number of ether oxygens (including phenoxy) is 1. The van der Waals surface area contributed by atoms with Crippen LogP contribution < -0.4 is 0 Å². The lowest BCUT2D eigenvalue weighted by Crippen LogP contribution is -2.45. The van der Waals surface area contributed by atoms with Crippen molar-refractivity contribution in [3.63, 3.8) is 0 Å². The van der Waals surface area contributed by atoms with E-state index in [0.717, 1.165) is 25.8 Å². The average molecular weight is 184 g/mol. The van der Waals surface area contributed by atoms with Gasteiger partial charge in [0.05, 0.1) is 12.9 Å². The molecule has 4 heteroatoms. The van der Waals surface area contributed by atoms with Gasteiger partial charge in [-0.05, 0) is 19.8 Å². The molecule has 1 aliphatic heterocycles. The van der Waals surface area contributed by atoms with Gasteiger partial charge in [-0.2, -0.15) is 0 Å². The van der Waals surface area contributed by atoms with Crippen molar-refractivity contribution < 1.29 is 9.53 Å². The summed E-state index contributed by atoms with van der Waals surface area (Å²) in [7, 11) is 1.38. The third kappa shape index (κ3) is 2.20. The van der Waals surface area contributed by atoms with Crippen molar-refractivity contribution in [3.8, 4) is 0 Å². The fourth-order valence-electron chi connectivity index (χ4n) is 1.58. The molecule has 0 saturated carbocycles. The Morgan fingerprint density at radius 1 is 1.62 bits per heavy atom. The van der Waals surface area contributed by atoms with Crippen LogP contribution in [0.3, 0.4) is 0 Å². The average Bonchev–Trinajstić information content (AvgIpc) is 2.16. The number of methoxy groups -OCH3 is 1. The second-order valence-electron chi connectivity index (χ2n) is 3.30. The minimum absolute atomic E-state index is 0.258. The first-order valence-corrected chi connectivity index (χ1v) is 4.58. The molecule has 74 valence electrons. The summed E-state index contributed by atoms with van der Waals surface area (Å²) in [6, 6.07) is -0.308. The van der Waals surface area contributed by atoms with Gasteiger partial charge in [0.25, 0.3) is 0 Å². The summed E-state index contributed by atoms with van der Waals surface area (Å²) < 4.78 is 4.64. The standard InChI is InChI=1S/C9H16N2O2/c1-7(9(12)13-2)11-6-4-3-5-8(11)10/h7,10H,3-6H2,1-2H3. The Bertz CT molecular complexity index is 216. The van der Waals surface area contributed by atoms with E-state index in [2.05, 4.69) is 4.74 Å². The van der Waals surface area contributed by atoms with Gasteiger partial charge in [-0.25, -0.2) is 4.79 Å². The Labute approximate surface area is 78.4 Å². The van der Waals surface area contributed by atoms with Gasteiger partial charge in [0.2, 0.25) is 0 Å². The molecular weight excluding hydrogens is 168 g/mol. The fourth-order valence-corrected chi connectivity index (χ4v) is 1.58. The molecule has 0 aromatic heterocycles. The van der Waals surface area contributed by atoms with Crippen LogP contribution in [0.25, 0.3) is 0 Å². The highest BCUT2D eigenvalue weighted by Gasteiger charge is 2.25. The van der Waals surface area contributed by atoms with Gasteiger partial charge in [0.1, 0.15) is 6.04 Å². The summed E-state index contributed by atoms with van der Waals surface area (Å²) in [4.78, 5) is 13.0. The third-order valence-corrected chi connectivity index (χ3v) is 2.42. The lowest BCUT2D eigenvalue weighted by Gasteiger charge is -2.32. The Hall–Kier alpha value is -1.06. The lowest BCUT2D eigenvalue weighted by atomic mass is 10.1. The molecule has 1 N–H and O–H groups in total. The van der Waals surface area contributed by atoms with Crippen molar-refractivity contribution in [1.29, 1.82) is 5.41 Å². The number of piperidine rings is 1. The highest BCUT2D eigenvalue weighted by molar-refractivity contribution is 5.86. The Balaban J connectivity index is 2.58. The number of esters is 1. The summed E-state index contributed by atoms with van der Waals surface area (Å²) >= 11 is 0. The van der Waals surface area contributed by atoms with Crippen molar-refractivity contribution in [3.05, 3.63) is 0 Å². The number of carbonyl (C=O) groups is 1. The molecule has 0 aliphatic carbocycles. The van der Waals surface area contributed by atoms with Crippen LogP contribution in [0, 0.1) is 5.41 Å². The van der Waals surface area contributed by atoms with Gasteiger partial charge in [-0.15, -0.1) is 0 Å². The van der Waals surface area contributed by atoms with Crippen LogP contribution in [-0.4, -0.2) is 36.4 Å². The molecule has 4 nitrogen and oxygen atoms in total. The highest BCUT2D eigenvalue weighted by atomic mass is 16.5. The summed E-state index contributed by atoms with van der Waals surface area (Å²) in [5.41, 5.74) is 0. The van der Waals surface area contributed by atoms with Crippen LogP contribution in [0.4, 0.5) is 0 Å². The van der Waals surface area contributed by atoms with E-state index in [9.17, 15) is 4.79 Å². The van der Waals surface area contributed by atoms with Crippen molar-refractivity contribution >= 4 is 11.8 Å². The van der Waals surface area contributed by atoms with E-state index in [4.69, 9.17) is 5.41 Å². The predicted octanol–water partition coefficient (Wildman–Crippen LogP) is 1.01. The summed E-state index contributed by atoms with van der Waals surface area (Å²) in [5.74, 6) is 0.302. The van der Waals surface area contributed by atoms with Crippen LogP contribution >= 0.6 is 0 Å². The number of carbonyl (C=O) groups excluding carboxylic acids is 1. The normalized spacial score (nSPS) is 19.8. The minimum Gasteiger partial charge on any atom is -0.467 e. The number of hydrogen-bond acceptors (Lipinski definition) is 3. The molecule has 0 aromatic carbocycles. The molecule has 13 heavy (non-hydrogen) atoms. The molecule has 1 fully saturated rings. The second kappa shape index (κ2) is 4.25. The predicted molar refractivity (Wildman–Crippen MR) is 49.8 cm³/mol. The van der Waals surface area contributed by atoms with E-state index in [1.165, 1.54) is 7.11 Å². The maximum atomic E-state index is 11.2. The molecule has 1 rings (SSSR count). The molecule has 0 amide bonds. The van der Waals surface area contributed by atoms with E-state index < -0.39 is 0 Å². The van der Waals surface area contributed by atoms with E-state index >= 15 is 0 Å². The maximum Gasteiger partial charge on any atom is 0.328 e. The highest BCUT2D eigenvalue weighted by Crippen LogP contribution is 2.14. The number of likely N-dealkylation sites (tertiary alicyclic amines) is 1. The fraction of sp³-hybridized carbons (Fsp3) is 0.778. The first-order chi connectivity index (χ1) is 6.16. The van der Waals surface area contributed by atoms with Crippen LogP contribution in [0.1, 0.15) is 26.2 Å². The molecule has 0 spiro atoms. The van der Waals surface area contributed by atoms with Gasteiger partial charge in [-0.3, -0.25) is 5.41 Å². The number of nitrogens with one attached hydrogen (secondary N) is 1. The van der Waals surface area contributed by atoms with Crippen LogP contribution in [0.2, 0.25) is 0 Å². The minimum atomic E-state index is -0.308. The van der Waals surface area contributed by atoms with Crippen LogP contribution in [0.5, 0.6) is 0 Å². The quantitative estimate of drug-likeness (QED) is 0.652. The zero-order valence-corrected chi connectivity index (χ0v) is 8.17. The van der Waals surface area contributed by atoms with Crippen LogP contribution in [0.15, 0.2) is 0 Å². The number of rotatable bonds is 2. The van der Waals surface area contributed by atoms with E-state index in [1.807, 2.05) is 4.90 Å². The Morgan fingerprint density at radius 3 is 2.85 bits per heavy atom. The summed E-state index contributed by atoms with van der Waals surface area (Å²) in [6.45, 7) is 2.58. The SMILES string of the molecule is COC(=O)C(C)N1CCCCC1=N. The van der Waals surface area contributed by atoms with Gasteiger partial charge in [0, 0.05) is 13.0 Å². The molecule has 1 unspecified atom stereocenters. The maximum absolute atomic E-state index is 11.2. The third-order valence-electron chi connectivity index (χ3n) is 2.42. The molecule has 0 aromatic rings. The largest absolute Gasteiger partial charge is 0.467 e. The molecule has 0 radical (unpaired) electrons. The van der Waals surface area contributed by atoms with Crippen LogP contribution in [-0.2, 0) is 9.53 Å². The van der Waals surface area contributed by atoms with Gasteiger partial charge < -0.3 is 9.64 Å². The molecule has 1 heterocycles. The molecule has 1 atom stereocenters. The van der Waals surface area contributed by atoms with E-state index in [-0.39, 0.29) is 12.0 Å². The van der Waals surface area contributed by atoms with E-state index in [1.54, 1.807) is 6.92 Å². The number of nitrogens with zero attached hydrogens (tertiary/aromatic N) is 1. The molecule has 1 aliphatic rings. The zero-order chi connectivity index (χ0) is 9.84. The summed E-state index contributed by atoms with van der Waals surface area (Å²) in [5, 5.41) is 7.66. The monoisotopic (exact) mass is 184 g/mol. The smallest absolute Gasteiger partial charge is 0.328 e. The van der Waals surface area contributed by atoms with E-state index in [0.29, 0.717) is 5.84 Å². The first-order valence-electron chi connectivity index (χ1n) is 4.58. The van der Waals surface area contributed by atoms with Crippen molar-refractivity contribution in [2.75, 3.05) is 13.7 Å². The molecular formula is C9H16N2O2. The number of amidine groups is 1. The topological polar surface area (TPSA) is 53.4 Å². The van der Waals surface area contributed by atoms with Crippen molar-refractivity contribution in [1.82, 2.24) is 4.90 Å². The lowest BCUT2D eigenvalue weighted by molar-refractivity contribution is -0.145. The molecule has 0 bridgehead atoms. The second-order valence-corrected chi connectivity index (χ2v) is 3.30. The molecule has 1 saturated heterocycles. The Morgan fingerprint density at radius 2 is 2.31 bits per heavy atom. The zero-order valence-electron chi connectivity index (χ0n) is 8.17. The Kier molecular flexibility index (Phi) is 3.28. The van der Waals surface area contributed by atoms with Gasteiger partial charge in [-0.1, -0.05) is 0 Å². The van der Waals surface area contributed by atoms with Crippen molar-refractivity contribution in [2.24, 2.45) is 0 Å².